The van der Waals surface area contributed by atoms with Gasteiger partial charge in [0.05, 0.1) is 23.4 Å². The summed E-state index contributed by atoms with van der Waals surface area (Å²) in [7, 11) is -2.09. The Bertz CT molecular complexity index is 1210. The van der Waals surface area contributed by atoms with Gasteiger partial charge in [-0.1, -0.05) is 23.9 Å². The quantitative estimate of drug-likeness (QED) is 0.599. The van der Waals surface area contributed by atoms with E-state index in [9.17, 15) is 13.2 Å². The van der Waals surface area contributed by atoms with Gasteiger partial charge in [0, 0.05) is 19.4 Å². The van der Waals surface area contributed by atoms with Crippen LogP contribution in [0.1, 0.15) is 18.2 Å². The Kier molecular flexibility index (Phi) is 5.18. The molecule has 1 aliphatic heterocycles. The number of hydrogen-bond acceptors (Lipinski definition) is 7. The summed E-state index contributed by atoms with van der Waals surface area (Å²) in [4.78, 5) is 19.0. The van der Waals surface area contributed by atoms with Crippen LogP contribution in [0.5, 0.6) is 0 Å². The summed E-state index contributed by atoms with van der Waals surface area (Å²) in [6.45, 7) is 3.75. The van der Waals surface area contributed by atoms with Gasteiger partial charge >= 0.3 is 5.97 Å². The predicted octanol–water partition coefficient (Wildman–Crippen LogP) is 3.75. The molecule has 0 aliphatic carbocycles. The molecule has 0 saturated carbocycles. The second kappa shape index (κ2) is 7.51. The molecular formula is C19H19N3O4S3. The standard InChI is InChI=1S/C19H19N3O4S3/c1-11-6-7-15(22(3)29(24,25)17-5-4-8-27-17)18-13(11)9-14(21-18)19-20-10-16(28-19)26-12(2)23/h4-9,16,21H,10H2,1-3H3. The number of fused-ring (bicyclic) bond motifs is 1. The van der Waals surface area contributed by atoms with Crippen molar-refractivity contribution in [2.45, 2.75) is 23.5 Å². The van der Waals surface area contributed by atoms with Gasteiger partial charge in [0.1, 0.15) is 9.25 Å². The molecule has 1 aromatic carbocycles. The summed E-state index contributed by atoms with van der Waals surface area (Å²) < 4.78 is 32.8. The molecule has 1 atom stereocenters. The van der Waals surface area contributed by atoms with Crippen LogP contribution in [0, 0.1) is 6.92 Å². The minimum Gasteiger partial charge on any atom is -0.449 e. The fraction of sp³-hybridized carbons (Fsp3) is 0.263. The van der Waals surface area contributed by atoms with E-state index >= 15 is 0 Å². The number of anilines is 1. The summed E-state index contributed by atoms with van der Waals surface area (Å²) in [6, 6.07) is 8.98. The Hall–Kier alpha value is -2.30. The van der Waals surface area contributed by atoms with E-state index in [-0.39, 0.29) is 11.4 Å². The monoisotopic (exact) mass is 449 g/mol. The number of hydrogen-bond donors (Lipinski definition) is 1. The minimum absolute atomic E-state index is 0.292. The van der Waals surface area contributed by atoms with Gasteiger partial charge in [-0.3, -0.25) is 14.1 Å². The van der Waals surface area contributed by atoms with Crippen molar-refractivity contribution in [3.8, 4) is 0 Å². The van der Waals surface area contributed by atoms with Crippen molar-refractivity contribution in [2.75, 3.05) is 17.9 Å². The molecule has 0 radical (unpaired) electrons. The number of carbonyl (C=O) groups is 1. The molecule has 0 fully saturated rings. The largest absolute Gasteiger partial charge is 0.449 e. The Labute approximate surface area is 176 Å². The summed E-state index contributed by atoms with van der Waals surface area (Å²) in [5.74, 6) is -0.339. The van der Waals surface area contributed by atoms with Crippen LogP contribution in [0.2, 0.25) is 0 Å². The van der Waals surface area contributed by atoms with Gasteiger partial charge in [0.25, 0.3) is 10.0 Å². The first-order valence-electron chi connectivity index (χ1n) is 8.81. The van der Waals surface area contributed by atoms with Crippen LogP contribution in [0.3, 0.4) is 0 Å². The van der Waals surface area contributed by atoms with Crippen molar-refractivity contribution in [1.82, 2.24) is 4.98 Å². The maximum atomic E-state index is 13.0. The highest BCUT2D eigenvalue weighted by atomic mass is 32.2. The van der Waals surface area contributed by atoms with Crippen LogP contribution in [0.15, 0.2) is 44.9 Å². The fourth-order valence-electron chi connectivity index (χ4n) is 3.15. The number of aliphatic imine (C=N–C) groups is 1. The molecule has 152 valence electrons. The first-order chi connectivity index (χ1) is 13.8. The van der Waals surface area contributed by atoms with Gasteiger partial charge in [0.2, 0.25) is 0 Å². The molecule has 2 aromatic heterocycles. The molecule has 1 aliphatic rings. The summed E-state index contributed by atoms with van der Waals surface area (Å²) >= 11 is 2.56. The van der Waals surface area contributed by atoms with Crippen molar-refractivity contribution < 1.29 is 17.9 Å². The average molecular weight is 450 g/mol. The molecule has 7 nitrogen and oxygen atoms in total. The lowest BCUT2D eigenvalue weighted by Gasteiger charge is -2.19. The van der Waals surface area contributed by atoms with Gasteiger partial charge in [0.15, 0.2) is 5.44 Å². The highest BCUT2D eigenvalue weighted by Gasteiger charge is 2.27. The summed E-state index contributed by atoms with van der Waals surface area (Å²) in [5.41, 5.74) is 2.74. The van der Waals surface area contributed by atoms with Gasteiger partial charge < -0.3 is 9.72 Å². The van der Waals surface area contributed by atoms with E-state index in [2.05, 4.69) is 9.98 Å². The topological polar surface area (TPSA) is 91.8 Å². The van der Waals surface area contributed by atoms with Crippen molar-refractivity contribution in [3.05, 3.63) is 47.0 Å². The Morgan fingerprint density at radius 3 is 2.83 bits per heavy atom. The van der Waals surface area contributed by atoms with Gasteiger partial charge in [-0.2, -0.15) is 0 Å². The Balaban J connectivity index is 1.73. The molecule has 0 saturated heterocycles. The first-order valence-corrected chi connectivity index (χ1v) is 12.0. The molecule has 10 heteroatoms. The van der Waals surface area contributed by atoms with Crippen LogP contribution < -0.4 is 4.31 Å². The molecular weight excluding hydrogens is 430 g/mol. The third-order valence-electron chi connectivity index (χ3n) is 4.59. The van der Waals surface area contributed by atoms with E-state index in [4.69, 9.17) is 4.74 Å². The minimum atomic E-state index is -3.65. The third kappa shape index (κ3) is 3.67. The number of ether oxygens (including phenoxy) is 1. The van der Waals surface area contributed by atoms with Crippen LogP contribution in [-0.2, 0) is 19.6 Å². The number of aryl methyl sites for hydroxylation is 1. The Morgan fingerprint density at radius 1 is 1.34 bits per heavy atom. The van der Waals surface area contributed by atoms with Crippen molar-refractivity contribution in [2.24, 2.45) is 4.99 Å². The van der Waals surface area contributed by atoms with Crippen LogP contribution >= 0.6 is 23.1 Å². The number of thiophene rings is 1. The number of thioether (sulfide) groups is 1. The highest BCUT2D eigenvalue weighted by molar-refractivity contribution is 8.15. The SMILES string of the molecule is CC(=O)OC1CN=C(c2cc3c(C)ccc(N(C)S(=O)(=O)c4cccs4)c3[nH]2)S1. The van der Waals surface area contributed by atoms with E-state index in [0.717, 1.165) is 27.2 Å². The number of carbonyl (C=O) groups excluding carboxylic acids is 1. The van der Waals surface area contributed by atoms with Gasteiger partial charge in [-0.25, -0.2) is 8.42 Å². The lowest BCUT2D eigenvalue weighted by molar-refractivity contribution is -0.141. The number of sulfonamides is 1. The number of rotatable bonds is 5. The van der Waals surface area contributed by atoms with E-state index in [0.29, 0.717) is 16.4 Å². The second-order valence-corrected chi connectivity index (χ2v) is 10.9. The van der Waals surface area contributed by atoms with Crippen LogP contribution in [0.25, 0.3) is 10.9 Å². The number of nitrogens with zero attached hydrogens (tertiary/aromatic N) is 2. The van der Waals surface area contributed by atoms with E-state index in [1.54, 1.807) is 30.6 Å². The number of benzene rings is 1. The fourth-order valence-corrected chi connectivity index (χ4v) is 6.48. The smallest absolute Gasteiger partial charge is 0.303 e. The third-order valence-corrected chi connectivity index (χ3v) is 8.82. The molecule has 3 aromatic rings. The van der Waals surface area contributed by atoms with E-state index in [1.807, 2.05) is 19.1 Å². The second-order valence-electron chi connectivity index (χ2n) is 6.58. The zero-order valence-corrected chi connectivity index (χ0v) is 18.5. The van der Waals surface area contributed by atoms with E-state index < -0.39 is 10.0 Å². The van der Waals surface area contributed by atoms with Crippen LogP contribution in [-0.4, -0.2) is 43.4 Å². The number of esters is 1. The highest BCUT2D eigenvalue weighted by Crippen LogP contribution is 2.35. The maximum Gasteiger partial charge on any atom is 0.303 e. The molecule has 29 heavy (non-hydrogen) atoms. The normalized spacial score (nSPS) is 16.8. The molecule has 1 N–H and O–H groups in total. The number of aromatic nitrogens is 1. The molecule has 0 amide bonds. The maximum absolute atomic E-state index is 13.0. The number of aromatic amines is 1. The molecule has 0 bridgehead atoms. The molecule has 3 heterocycles. The first kappa shape index (κ1) is 20.0. The average Bonchev–Trinajstić information content (AvgIpc) is 3.41. The van der Waals surface area contributed by atoms with Crippen molar-refractivity contribution in [1.29, 1.82) is 0 Å². The van der Waals surface area contributed by atoms with Crippen LogP contribution in [0.4, 0.5) is 5.69 Å². The van der Waals surface area contributed by atoms with E-state index in [1.165, 1.54) is 34.3 Å². The lowest BCUT2D eigenvalue weighted by atomic mass is 10.1. The summed E-state index contributed by atoms with van der Waals surface area (Å²) in [5, 5.41) is 3.40. The lowest BCUT2D eigenvalue weighted by Crippen LogP contribution is -2.26. The van der Waals surface area contributed by atoms with Gasteiger partial charge in [-0.15, -0.1) is 11.3 Å². The predicted molar refractivity (Wildman–Crippen MR) is 117 cm³/mol. The van der Waals surface area contributed by atoms with Crippen molar-refractivity contribution in [3.63, 3.8) is 0 Å². The Morgan fingerprint density at radius 2 is 2.14 bits per heavy atom. The number of H-pyrrole nitrogens is 1. The molecule has 0 spiro atoms. The zero-order chi connectivity index (χ0) is 20.8. The number of nitrogens with one attached hydrogen (secondary N) is 1. The molecule has 4 rings (SSSR count). The summed E-state index contributed by atoms with van der Waals surface area (Å²) in [6.07, 6.45) is 0. The van der Waals surface area contributed by atoms with Crippen molar-refractivity contribution >= 4 is 60.7 Å². The molecule has 1 unspecified atom stereocenters. The zero-order valence-electron chi connectivity index (χ0n) is 16.0. The van der Waals surface area contributed by atoms with Gasteiger partial charge in [-0.05, 0) is 36.1 Å².